The van der Waals surface area contributed by atoms with Gasteiger partial charge >= 0.3 is 0 Å². The number of hydrogen-bond acceptors (Lipinski definition) is 1. The fraction of sp³-hybridized carbons (Fsp3) is 0.562. The van der Waals surface area contributed by atoms with E-state index in [0.717, 1.165) is 6.54 Å². The van der Waals surface area contributed by atoms with Crippen LogP contribution in [-0.4, -0.2) is 12.5 Å². The average molecular weight is 245 g/mol. The minimum Gasteiger partial charge on any atom is -0.355 e. The monoisotopic (exact) mass is 245 g/mol. The fourth-order valence-corrected chi connectivity index (χ4v) is 2.67. The number of carbonyl (C=O) groups excluding carboxylic acids is 1. The van der Waals surface area contributed by atoms with Crippen molar-refractivity contribution in [3.05, 3.63) is 35.9 Å². The van der Waals surface area contributed by atoms with Crippen LogP contribution in [0.5, 0.6) is 0 Å². The Labute approximate surface area is 110 Å². The molecule has 0 unspecified atom stereocenters. The van der Waals surface area contributed by atoms with E-state index in [1.807, 2.05) is 6.07 Å². The Hall–Kier alpha value is -1.31. The topological polar surface area (TPSA) is 29.1 Å². The normalized spacial score (nSPS) is 17.3. The lowest BCUT2D eigenvalue weighted by molar-refractivity contribution is -0.122. The van der Waals surface area contributed by atoms with Crippen molar-refractivity contribution < 1.29 is 4.79 Å². The van der Waals surface area contributed by atoms with Gasteiger partial charge in [0.15, 0.2) is 0 Å². The Morgan fingerprint density at radius 3 is 2.44 bits per heavy atom. The molecular formula is C16H23NO. The summed E-state index contributed by atoms with van der Waals surface area (Å²) in [6.45, 7) is 4.95. The molecule has 98 valence electrons. The van der Waals surface area contributed by atoms with Gasteiger partial charge in [-0.25, -0.2) is 0 Å². The first kappa shape index (κ1) is 13.1. The second kappa shape index (κ2) is 5.55. The van der Waals surface area contributed by atoms with E-state index in [9.17, 15) is 4.79 Å². The van der Waals surface area contributed by atoms with Crippen LogP contribution in [0.3, 0.4) is 0 Å². The minimum absolute atomic E-state index is 0.187. The molecule has 0 saturated heterocycles. The summed E-state index contributed by atoms with van der Waals surface area (Å²) in [6.07, 6.45) is 4.29. The van der Waals surface area contributed by atoms with Crippen LogP contribution in [0.2, 0.25) is 0 Å². The predicted octanol–water partition coefficient (Wildman–Crippen LogP) is 3.27. The second-order valence-electron chi connectivity index (χ2n) is 5.87. The summed E-state index contributed by atoms with van der Waals surface area (Å²) in [5.74, 6) is 0.617. The Bertz CT molecular complexity index is 393. The first-order valence-electron chi connectivity index (χ1n) is 6.95. The van der Waals surface area contributed by atoms with Crippen LogP contribution < -0.4 is 5.32 Å². The van der Waals surface area contributed by atoms with E-state index in [4.69, 9.17) is 0 Å². The lowest BCUT2D eigenvalue weighted by atomic mass is 9.64. The number of rotatable bonds is 5. The standard InChI is InChI=1S/C16H23NO/c1-13(2)11-15(18)17-12-16(9-6-10-16)14-7-4-3-5-8-14/h3-5,7-8,13H,6,9-12H2,1-2H3,(H,17,18). The van der Waals surface area contributed by atoms with Gasteiger partial charge in [0.2, 0.25) is 5.91 Å². The van der Waals surface area contributed by atoms with E-state index >= 15 is 0 Å². The second-order valence-corrected chi connectivity index (χ2v) is 5.87. The third kappa shape index (κ3) is 2.92. The van der Waals surface area contributed by atoms with E-state index in [-0.39, 0.29) is 11.3 Å². The molecule has 1 aromatic carbocycles. The van der Waals surface area contributed by atoms with Crippen molar-refractivity contribution in [1.29, 1.82) is 0 Å². The molecule has 0 aromatic heterocycles. The predicted molar refractivity (Wildman–Crippen MR) is 74.4 cm³/mol. The van der Waals surface area contributed by atoms with Crippen LogP contribution in [-0.2, 0) is 10.2 Å². The fourth-order valence-electron chi connectivity index (χ4n) is 2.67. The molecule has 0 atom stereocenters. The molecule has 0 heterocycles. The summed E-state index contributed by atoms with van der Waals surface area (Å²) in [4.78, 5) is 11.8. The zero-order valence-electron chi connectivity index (χ0n) is 11.4. The average Bonchev–Trinajstić information content (AvgIpc) is 2.28. The van der Waals surface area contributed by atoms with Crippen molar-refractivity contribution in [2.45, 2.75) is 44.9 Å². The van der Waals surface area contributed by atoms with Gasteiger partial charge in [-0.2, -0.15) is 0 Å². The first-order chi connectivity index (χ1) is 8.62. The van der Waals surface area contributed by atoms with E-state index in [2.05, 4.69) is 43.4 Å². The van der Waals surface area contributed by atoms with E-state index in [0.29, 0.717) is 12.3 Å². The molecule has 1 aliphatic rings. The lowest BCUT2D eigenvalue weighted by Crippen LogP contribution is -2.45. The minimum atomic E-state index is 0.187. The summed E-state index contributed by atoms with van der Waals surface area (Å²) in [7, 11) is 0. The Morgan fingerprint density at radius 1 is 1.28 bits per heavy atom. The van der Waals surface area contributed by atoms with Crippen molar-refractivity contribution in [3.63, 3.8) is 0 Å². The highest BCUT2D eigenvalue weighted by atomic mass is 16.1. The maximum absolute atomic E-state index is 11.8. The van der Waals surface area contributed by atoms with Crippen LogP contribution in [0.25, 0.3) is 0 Å². The number of benzene rings is 1. The van der Waals surface area contributed by atoms with E-state index in [1.165, 1.54) is 24.8 Å². The van der Waals surface area contributed by atoms with Crippen molar-refractivity contribution in [3.8, 4) is 0 Å². The summed E-state index contributed by atoms with van der Waals surface area (Å²) < 4.78 is 0. The first-order valence-corrected chi connectivity index (χ1v) is 6.95. The molecule has 0 spiro atoms. The van der Waals surface area contributed by atoms with Crippen LogP contribution in [0.4, 0.5) is 0 Å². The van der Waals surface area contributed by atoms with Crippen molar-refractivity contribution in [1.82, 2.24) is 5.32 Å². The highest BCUT2D eigenvalue weighted by Gasteiger charge is 2.38. The van der Waals surface area contributed by atoms with Gasteiger partial charge in [0, 0.05) is 18.4 Å². The molecule has 2 heteroatoms. The zero-order chi connectivity index (χ0) is 13.0. The van der Waals surface area contributed by atoms with Gasteiger partial charge in [0.25, 0.3) is 0 Å². The number of carbonyl (C=O) groups is 1. The molecule has 2 rings (SSSR count). The lowest BCUT2D eigenvalue weighted by Gasteiger charge is -2.42. The van der Waals surface area contributed by atoms with Gasteiger partial charge in [-0.3, -0.25) is 4.79 Å². The third-order valence-corrected chi connectivity index (χ3v) is 3.91. The maximum atomic E-state index is 11.8. The van der Waals surface area contributed by atoms with Gasteiger partial charge < -0.3 is 5.32 Å². The van der Waals surface area contributed by atoms with Gasteiger partial charge in [-0.05, 0) is 24.3 Å². The number of nitrogens with one attached hydrogen (secondary N) is 1. The van der Waals surface area contributed by atoms with Crippen molar-refractivity contribution >= 4 is 5.91 Å². The van der Waals surface area contributed by atoms with Crippen LogP contribution in [0.15, 0.2) is 30.3 Å². The van der Waals surface area contributed by atoms with E-state index < -0.39 is 0 Å². The molecular weight excluding hydrogens is 222 g/mol. The number of hydrogen-bond donors (Lipinski definition) is 1. The molecule has 0 radical (unpaired) electrons. The Balaban J connectivity index is 1.96. The molecule has 1 fully saturated rings. The van der Waals surface area contributed by atoms with Gasteiger partial charge in [-0.15, -0.1) is 0 Å². The third-order valence-electron chi connectivity index (χ3n) is 3.91. The van der Waals surface area contributed by atoms with Crippen molar-refractivity contribution in [2.75, 3.05) is 6.54 Å². The van der Waals surface area contributed by atoms with Crippen LogP contribution in [0, 0.1) is 5.92 Å². The van der Waals surface area contributed by atoms with Gasteiger partial charge in [-0.1, -0.05) is 50.6 Å². The van der Waals surface area contributed by atoms with E-state index in [1.54, 1.807) is 0 Å². The van der Waals surface area contributed by atoms with Crippen molar-refractivity contribution in [2.24, 2.45) is 5.92 Å². The SMILES string of the molecule is CC(C)CC(=O)NCC1(c2ccccc2)CCC1. The summed E-state index contributed by atoms with van der Waals surface area (Å²) in [5, 5.41) is 3.12. The Morgan fingerprint density at radius 2 is 1.94 bits per heavy atom. The van der Waals surface area contributed by atoms with Crippen LogP contribution in [0.1, 0.15) is 45.1 Å². The smallest absolute Gasteiger partial charge is 0.220 e. The molecule has 1 aliphatic carbocycles. The molecule has 1 aromatic rings. The molecule has 1 N–H and O–H groups in total. The number of amides is 1. The quantitative estimate of drug-likeness (QED) is 0.847. The highest BCUT2D eigenvalue weighted by molar-refractivity contribution is 5.76. The molecule has 0 bridgehead atoms. The summed E-state index contributed by atoms with van der Waals surface area (Å²) >= 11 is 0. The molecule has 1 amide bonds. The van der Waals surface area contributed by atoms with Gasteiger partial charge in [0.1, 0.15) is 0 Å². The summed E-state index contributed by atoms with van der Waals surface area (Å²) in [5.41, 5.74) is 1.58. The molecule has 1 saturated carbocycles. The molecule has 2 nitrogen and oxygen atoms in total. The molecule has 0 aliphatic heterocycles. The zero-order valence-corrected chi connectivity index (χ0v) is 11.4. The summed E-state index contributed by atoms with van der Waals surface area (Å²) in [6, 6.07) is 10.6. The Kier molecular flexibility index (Phi) is 4.05. The molecule has 18 heavy (non-hydrogen) atoms. The largest absolute Gasteiger partial charge is 0.355 e. The van der Waals surface area contributed by atoms with Gasteiger partial charge in [0.05, 0.1) is 0 Å². The highest BCUT2D eigenvalue weighted by Crippen LogP contribution is 2.43. The maximum Gasteiger partial charge on any atom is 0.220 e. The van der Waals surface area contributed by atoms with Crippen LogP contribution >= 0.6 is 0 Å².